The molecule has 37 heavy (non-hydrogen) atoms. The summed E-state index contributed by atoms with van der Waals surface area (Å²) in [6.45, 7) is -0.566. The van der Waals surface area contributed by atoms with E-state index in [1.165, 1.54) is 31.4 Å². The molecule has 6 atom stereocenters. The van der Waals surface area contributed by atoms with Crippen molar-refractivity contribution in [2.75, 3.05) is 13.7 Å². The first-order chi connectivity index (χ1) is 17.6. The molecule has 1 heterocycles. The largest absolute Gasteiger partial charge is 0.497 e. The molecule has 0 spiro atoms. The second-order valence-electron chi connectivity index (χ2n) is 9.31. The monoisotopic (exact) mass is 633 g/mol. The number of ketones is 1. The predicted octanol–water partition coefficient (Wildman–Crippen LogP) is 3.62. The zero-order valence-corrected chi connectivity index (χ0v) is 22.6. The number of ether oxygens (including phenoxy) is 1. The molecule has 12 heteroatoms. The molecule has 5 rings (SSSR count). The smallest absolute Gasteiger partial charge is 0.273 e. The average Bonchev–Trinajstić information content (AvgIpc) is 3.51. The van der Waals surface area contributed by atoms with Gasteiger partial charge in [-0.1, -0.05) is 31.9 Å². The van der Waals surface area contributed by atoms with E-state index < -0.39 is 46.8 Å². The Morgan fingerprint density at radius 1 is 0.973 bits per heavy atom. The Kier molecular flexibility index (Phi) is 6.65. The topological polar surface area (TPSA) is 127 Å². The molecule has 3 amide bonds. The maximum Gasteiger partial charge on any atom is 0.273 e. The summed E-state index contributed by atoms with van der Waals surface area (Å²) in [6.07, 6.45) is 0.716. The number of halogens is 2. The van der Waals surface area contributed by atoms with Crippen LogP contribution in [-0.2, 0) is 9.59 Å². The van der Waals surface area contributed by atoms with E-state index in [1.807, 2.05) is 0 Å². The molecular formula is C25H21Br2N3O7. The molecule has 192 valence electrons. The number of hydrazine groups is 1. The molecule has 10 nitrogen and oxygen atoms in total. The lowest BCUT2D eigenvalue weighted by Gasteiger charge is -2.30. The molecule has 2 aliphatic carbocycles. The van der Waals surface area contributed by atoms with E-state index in [9.17, 15) is 29.3 Å². The number of amides is 3. The molecule has 1 saturated heterocycles. The van der Waals surface area contributed by atoms with Crippen molar-refractivity contribution in [3.63, 3.8) is 0 Å². The van der Waals surface area contributed by atoms with Crippen molar-refractivity contribution in [2.45, 2.75) is 16.1 Å². The van der Waals surface area contributed by atoms with E-state index in [1.54, 1.807) is 12.1 Å². The Hall–Kier alpha value is -3.12. The van der Waals surface area contributed by atoms with Crippen molar-refractivity contribution in [1.29, 1.82) is 0 Å². The zero-order valence-electron chi connectivity index (χ0n) is 19.5. The van der Waals surface area contributed by atoms with Crippen LogP contribution < -0.4 is 4.74 Å². The van der Waals surface area contributed by atoms with Gasteiger partial charge >= 0.3 is 0 Å². The van der Waals surface area contributed by atoms with Gasteiger partial charge in [0.2, 0.25) is 0 Å². The number of hydrogen-bond donors (Lipinski definition) is 0. The number of nitrogens with zero attached hydrogens (tertiary/aromatic N) is 3. The Morgan fingerprint density at radius 3 is 1.97 bits per heavy atom. The minimum Gasteiger partial charge on any atom is -0.497 e. The van der Waals surface area contributed by atoms with Crippen molar-refractivity contribution in [3.8, 4) is 5.75 Å². The van der Waals surface area contributed by atoms with Crippen LogP contribution in [0.1, 0.15) is 27.1 Å². The number of nitro benzene ring substituents is 1. The molecular weight excluding hydrogens is 614 g/mol. The third-order valence-corrected chi connectivity index (χ3v) is 10.7. The third kappa shape index (κ3) is 4.15. The average molecular weight is 635 g/mol. The summed E-state index contributed by atoms with van der Waals surface area (Å²) in [4.78, 5) is 64.5. The number of imide groups is 1. The molecule has 2 aromatic carbocycles. The van der Waals surface area contributed by atoms with Crippen LogP contribution in [0.15, 0.2) is 48.5 Å². The van der Waals surface area contributed by atoms with Gasteiger partial charge in [-0.2, -0.15) is 5.01 Å². The van der Waals surface area contributed by atoms with Gasteiger partial charge in [0.1, 0.15) is 12.3 Å². The molecule has 0 radical (unpaired) electrons. The third-order valence-electron chi connectivity index (χ3n) is 7.47. The fourth-order valence-electron chi connectivity index (χ4n) is 5.68. The zero-order chi connectivity index (χ0) is 26.6. The molecule has 0 unspecified atom stereocenters. The van der Waals surface area contributed by atoms with Gasteiger partial charge in [-0.15, -0.1) is 0 Å². The van der Waals surface area contributed by atoms with Crippen LogP contribution in [0.4, 0.5) is 5.69 Å². The minimum atomic E-state index is -0.781. The van der Waals surface area contributed by atoms with Gasteiger partial charge in [0.05, 0.1) is 23.9 Å². The Balaban J connectivity index is 1.49. The van der Waals surface area contributed by atoms with Crippen molar-refractivity contribution in [1.82, 2.24) is 10.0 Å². The maximum atomic E-state index is 13.6. The van der Waals surface area contributed by atoms with Crippen LogP contribution in [0.25, 0.3) is 0 Å². The number of carbonyl (C=O) groups excluding carboxylic acids is 4. The highest BCUT2D eigenvalue weighted by Gasteiger charge is 2.67. The minimum absolute atomic E-state index is 0.00509. The SMILES string of the molecule is COc1ccc(C(=O)CN(C(=O)c2ccc([N+](=O)[O-])cc2)N2C(=O)[C@@H]3[C@H]4C[C@@H]([C@H](Br)[C@H]4Br)[C@H]3C2=O)cc1. The fraction of sp³-hybridized carbons (Fsp3) is 0.360. The number of nitro groups is 1. The first-order valence-electron chi connectivity index (χ1n) is 11.5. The van der Waals surface area contributed by atoms with Crippen LogP contribution >= 0.6 is 31.9 Å². The van der Waals surface area contributed by atoms with Crippen molar-refractivity contribution in [2.24, 2.45) is 23.7 Å². The summed E-state index contributed by atoms with van der Waals surface area (Å²) >= 11 is 7.28. The highest BCUT2D eigenvalue weighted by molar-refractivity contribution is 9.12. The molecule has 2 bridgehead atoms. The first kappa shape index (κ1) is 25.5. The number of benzene rings is 2. The number of non-ortho nitro benzene ring substituents is 1. The number of methoxy groups -OCH3 is 1. The van der Waals surface area contributed by atoms with Crippen molar-refractivity contribution < 1.29 is 28.8 Å². The van der Waals surface area contributed by atoms with Gasteiger partial charge in [0, 0.05) is 32.9 Å². The van der Waals surface area contributed by atoms with Gasteiger partial charge in [0.15, 0.2) is 5.78 Å². The fourth-order valence-corrected chi connectivity index (χ4v) is 7.56. The highest BCUT2D eigenvalue weighted by atomic mass is 79.9. The Morgan fingerprint density at radius 2 is 1.49 bits per heavy atom. The van der Waals surface area contributed by atoms with E-state index in [0.717, 1.165) is 22.2 Å². The number of fused-ring (bicyclic) bond motifs is 5. The molecule has 1 aliphatic heterocycles. The molecule has 3 fully saturated rings. The summed E-state index contributed by atoms with van der Waals surface area (Å²) in [5.41, 5.74) is 0.0526. The quantitative estimate of drug-likeness (QED) is 0.150. The van der Waals surface area contributed by atoms with E-state index in [4.69, 9.17) is 4.74 Å². The van der Waals surface area contributed by atoms with Gasteiger partial charge in [-0.05, 0) is 54.7 Å². The van der Waals surface area contributed by atoms with Crippen molar-refractivity contribution in [3.05, 3.63) is 69.8 Å². The maximum absolute atomic E-state index is 13.6. The van der Waals surface area contributed by atoms with Crippen LogP contribution in [0.5, 0.6) is 5.75 Å². The number of hydrogen-bond acceptors (Lipinski definition) is 7. The summed E-state index contributed by atoms with van der Waals surface area (Å²) in [5, 5.41) is 12.7. The first-order valence-corrected chi connectivity index (χ1v) is 13.4. The van der Waals surface area contributed by atoms with E-state index in [-0.39, 0.29) is 38.3 Å². The molecule has 2 aromatic rings. The summed E-state index contributed by atoms with van der Waals surface area (Å²) in [6, 6.07) is 11.0. The summed E-state index contributed by atoms with van der Waals surface area (Å²) in [7, 11) is 1.49. The van der Waals surface area contributed by atoms with E-state index in [0.29, 0.717) is 12.2 Å². The van der Waals surface area contributed by atoms with Gasteiger partial charge < -0.3 is 4.74 Å². The van der Waals surface area contributed by atoms with Gasteiger partial charge in [-0.25, -0.2) is 5.01 Å². The van der Waals surface area contributed by atoms with Crippen LogP contribution in [0, 0.1) is 33.8 Å². The molecule has 2 saturated carbocycles. The summed E-state index contributed by atoms with van der Waals surface area (Å²) in [5.74, 6) is -3.07. The molecule has 0 N–H and O–H groups in total. The lowest BCUT2D eigenvalue weighted by Crippen LogP contribution is -2.52. The van der Waals surface area contributed by atoms with Crippen LogP contribution in [0.2, 0.25) is 0 Å². The highest BCUT2D eigenvalue weighted by Crippen LogP contribution is 2.60. The van der Waals surface area contributed by atoms with Gasteiger partial charge in [0.25, 0.3) is 23.4 Å². The number of carbonyl (C=O) groups is 4. The molecule has 0 aromatic heterocycles. The normalized spacial score (nSPS) is 27.8. The Labute approximate surface area is 228 Å². The predicted molar refractivity (Wildman–Crippen MR) is 137 cm³/mol. The standard InChI is InChI=1S/C25H21Br2N3O7/c1-37-15-8-4-12(5-9-15)18(31)11-28(23(32)13-2-6-14(7-3-13)30(35)36)29-24(33)19-16-10-17(20(19)25(29)34)22(27)21(16)26/h2-9,16-17,19-22H,10-11H2,1H3/t16-,17-,19-,20-,21+,22+/m1/s1. The summed E-state index contributed by atoms with van der Waals surface area (Å²) < 4.78 is 5.12. The Bertz CT molecular complexity index is 1270. The van der Waals surface area contributed by atoms with Gasteiger partial charge in [-0.3, -0.25) is 29.3 Å². The second kappa shape index (κ2) is 9.64. The number of rotatable bonds is 7. The second-order valence-corrected chi connectivity index (χ2v) is 11.4. The molecule has 3 aliphatic rings. The number of alkyl halides is 2. The van der Waals surface area contributed by atoms with Crippen LogP contribution in [0.3, 0.4) is 0 Å². The van der Waals surface area contributed by atoms with E-state index in [2.05, 4.69) is 31.9 Å². The lowest BCUT2D eigenvalue weighted by molar-refractivity contribution is -0.384. The van der Waals surface area contributed by atoms with Crippen molar-refractivity contribution >= 4 is 61.1 Å². The number of Topliss-reactive ketones (excluding diaryl/α,β-unsaturated/α-hetero) is 1. The van der Waals surface area contributed by atoms with E-state index >= 15 is 0 Å². The van der Waals surface area contributed by atoms with Crippen LogP contribution in [-0.4, -0.2) is 61.8 Å². The lowest BCUT2D eigenvalue weighted by atomic mass is 9.81.